The number of nitrogens with zero attached hydrogens (tertiary/aromatic N) is 1. The van der Waals surface area contributed by atoms with Gasteiger partial charge in [-0.2, -0.15) is 0 Å². The van der Waals surface area contributed by atoms with Gasteiger partial charge in [-0.05, 0) is 55.7 Å². The van der Waals surface area contributed by atoms with Gasteiger partial charge < -0.3 is 5.32 Å². The first kappa shape index (κ1) is 18.5. The van der Waals surface area contributed by atoms with Gasteiger partial charge in [-0.25, -0.2) is 8.42 Å². The Morgan fingerprint density at radius 3 is 2.46 bits per heavy atom. The van der Waals surface area contributed by atoms with Crippen molar-refractivity contribution in [1.29, 1.82) is 0 Å². The number of hydrogen-bond donors (Lipinski definition) is 1. The van der Waals surface area contributed by atoms with Crippen LogP contribution in [0.25, 0.3) is 0 Å². The van der Waals surface area contributed by atoms with Gasteiger partial charge in [-0.1, -0.05) is 31.0 Å². The third kappa shape index (κ3) is 3.90. The minimum Gasteiger partial charge on any atom is -0.349 e. The molecule has 0 aromatic heterocycles. The summed E-state index contributed by atoms with van der Waals surface area (Å²) < 4.78 is 27.2. The van der Waals surface area contributed by atoms with Gasteiger partial charge in [0.15, 0.2) is 0 Å². The van der Waals surface area contributed by atoms with Crippen molar-refractivity contribution in [2.24, 2.45) is 0 Å². The Kier molecular flexibility index (Phi) is 5.32. The summed E-state index contributed by atoms with van der Waals surface area (Å²) >= 11 is 0. The van der Waals surface area contributed by atoms with E-state index < -0.39 is 10.0 Å². The fraction of sp³-hybridized carbons (Fsp3) is 0.350. The van der Waals surface area contributed by atoms with Crippen LogP contribution in [0.15, 0.2) is 53.4 Å². The van der Waals surface area contributed by atoms with E-state index in [2.05, 4.69) is 5.32 Å². The number of nitrogens with one attached hydrogen (secondary N) is 1. The van der Waals surface area contributed by atoms with Crippen LogP contribution in [0.3, 0.4) is 0 Å². The number of rotatable bonds is 5. The summed E-state index contributed by atoms with van der Waals surface area (Å²) in [6, 6.07) is 13.7. The highest BCUT2D eigenvalue weighted by Gasteiger charge is 2.23. The van der Waals surface area contributed by atoms with E-state index in [1.165, 1.54) is 23.5 Å². The predicted octanol–water partition coefficient (Wildman–Crippen LogP) is 3.49. The molecule has 3 rings (SSSR count). The average molecular weight is 372 g/mol. The number of amides is 1. The number of benzene rings is 2. The van der Waals surface area contributed by atoms with Crippen LogP contribution in [0.2, 0.25) is 0 Å². The molecule has 1 aliphatic carbocycles. The standard InChI is InChI=1S/C20H24N2O3S/c1-15-7-5-11-18(13-15)22(2)26(24,25)19-12-6-8-16(14-19)20(23)21-17-9-3-4-10-17/h5-8,11-14,17H,3-4,9-10H2,1-2H3,(H,21,23). The summed E-state index contributed by atoms with van der Waals surface area (Å²) in [5.74, 6) is -0.216. The van der Waals surface area contributed by atoms with Crippen LogP contribution in [0, 0.1) is 6.92 Å². The first-order valence-corrected chi connectivity index (χ1v) is 10.3. The topological polar surface area (TPSA) is 66.5 Å². The highest BCUT2D eigenvalue weighted by Crippen LogP contribution is 2.24. The zero-order chi connectivity index (χ0) is 18.7. The Morgan fingerprint density at radius 2 is 1.77 bits per heavy atom. The third-order valence-electron chi connectivity index (χ3n) is 4.81. The predicted molar refractivity (Wildman–Crippen MR) is 103 cm³/mol. The first-order chi connectivity index (χ1) is 12.4. The molecule has 138 valence electrons. The molecule has 26 heavy (non-hydrogen) atoms. The molecule has 1 saturated carbocycles. The summed E-state index contributed by atoms with van der Waals surface area (Å²) in [6.07, 6.45) is 4.22. The Hall–Kier alpha value is -2.34. The fourth-order valence-corrected chi connectivity index (χ4v) is 4.49. The van der Waals surface area contributed by atoms with Gasteiger partial charge in [-0.15, -0.1) is 0 Å². The van der Waals surface area contributed by atoms with Crippen LogP contribution >= 0.6 is 0 Å². The van der Waals surface area contributed by atoms with Crippen LogP contribution in [-0.4, -0.2) is 27.4 Å². The molecule has 0 radical (unpaired) electrons. The second-order valence-corrected chi connectivity index (χ2v) is 8.76. The molecular weight excluding hydrogens is 348 g/mol. The smallest absolute Gasteiger partial charge is 0.264 e. The SMILES string of the molecule is Cc1cccc(N(C)S(=O)(=O)c2cccc(C(=O)NC3CCCC3)c2)c1. The summed E-state index contributed by atoms with van der Waals surface area (Å²) in [6.45, 7) is 1.91. The van der Waals surface area contributed by atoms with Crippen molar-refractivity contribution in [3.8, 4) is 0 Å². The Bertz CT molecular complexity index is 903. The molecule has 6 heteroatoms. The monoisotopic (exact) mass is 372 g/mol. The van der Waals surface area contributed by atoms with Gasteiger partial charge in [0.1, 0.15) is 0 Å². The van der Waals surface area contributed by atoms with Crippen molar-refractivity contribution < 1.29 is 13.2 Å². The Morgan fingerprint density at radius 1 is 1.08 bits per heavy atom. The van der Waals surface area contributed by atoms with E-state index in [1.54, 1.807) is 18.2 Å². The third-order valence-corrected chi connectivity index (χ3v) is 6.59. The largest absolute Gasteiger partial charge is 0.349 e. The van der Waals surface area contributed by atoms with E-state index in [1.807, 2.05) is 25.1 Å². The van der Waals surface area contributed by atoms with E-state index in [9.17, 15) is 13.2 Å². The molecule has 0 atom stereocenters. The lowest BCUT2D eigenvalue weighted by Gasteiger charge is -2.20. The first-order valence-electron chi connectivity index (χ1n) is 8.84. The lowest BCUT2D eigenvalue weighted by Crippen LogP contribution is -2.33. The summed E-state index contributed by atoms with van der Waals surface area (Å²) in [5.41, 5.74) is 1.94. The minimum absolute atomic E-state index is 0.112. The van der Waals surface area contributed by atoms with Gasteiger partial charge in [0, 0.05) is 18.7 Å². The Labute approximate surface area is 155 Å². The fourth-order valence-electron chi connectivity index (χ4n) is 3.26. The quantitative estimate of drug-likeness (QED) is 0.874. The zero-order valence-corrected chi connectivity index (χ0v) is 15.9. The van der Waals surface area contributed by atoms with Crippen molar-refractivity contribution in [2.75, 3.05) is 11.4 Å². The van der Waals surface area contributed by atoms with Crippen LogP contribution in [0.4, 0.5) is 5.69 Å². The van der Waals surface area contributed by atoms with Crippen molar-refractivity contribution >= 4 is 21.6 Å². The second-order valence-electron chi connectivity index (χ2n) is 6.79. The number of aryl methyl sites for hydroxylation is 1. The van der Waals surface area contributed by atoms with Crippen LogP contribution < -0.4 is 9.62 Å². The van der Waals surface area contributed by atoms with Gasteiger partial charge in [-0.3, -0.25) is 9.10 Å². The van der Waals surface area contributed by atoms with E-state index in [-0.39, 0.29) is 16.8 Å². The van der Waals surface area contributed by atoms with Gasteiger partial charge >= 0.3 is 0 Å². The maximum Gasteiger partial charge on any atom is 0.264 e. The number of carbonyl (C=O) groups excluding carboxylic acids is 1. The maximum absolute atomic E-state index is 13.0. The van der Waals surface area contributed by atoms with Gasteiger partial charge in [0.2, 0.25) is 0 Å². The molecular formula is C20H24N2O3S. The number of sulfonamides is 1. The zero-order valence-electron chi connectivity index (χ0n) is 15.1. The molecule has 0 heterocycles. The van der Waals surface area contributed by atoms with Crippen LogP contribution in [0.1, 0.15) is 41.6 Å². The molecule has 1 N–H and O–H groups in total. The van der Waals surface area contributed by atoms with E-state index >= 15 is 0 Å². The molecule has 2 aromatic carbocycles. The molecule has 1 amide bonds. The average Bonchev–Trinajstić information content (AvgIpc) is 3.14. The number of carbonyl (C=O) groups is 1. The minimum atomic E-state index is -3.74. The molecule has 0 spiro atoms. The molecule has 0 saturated heterocycles. The molecule has 1 fully saturated rings. The summed E-state index contributed by atoms with van der Waals surface area (Å²) in [5, 5.41) is 2.99. The molecule has 5 nitrogen and oxygen atoms in total. The highest BCUT2D eigenvalue weighted by atomic mass is 32.2. The lowest BCUT2D eigenvalue weighted by molar-refractivity contribution is 0.0937. The molecule has 0 unspecified atom stereocenters. The van der Waals surface area contributed by atoms with Crippen molar-refractivity contribution in [2.45, 2.75) is 43.5 Å². The highest BCUT2D eigenvalue weighted by molar-refractivity contribution is 7.92. The molecule has 1 aliphatic rings. The summed E-state index contributed by atoms with van der Waals surface area (Å²) in [4.78, 5) is 12.6. The Balaban J connectivity index is 1.84. The second kappa shape index (κ2) is 7.50. The van der Waals surface area contributed by atoms with E-state index in [4.69, 9.17) is 0 Å². The van der Waals surface area contributed by atoms with Crippen molar-refractivity contribution in [3.05, 3.63) is 59.7 Å². The van der Waals surface area contributed by atoms with Crippen molar-refractivity contribution in [1.82, 2.24) is 5.32 Å². The normalized spacial score (nSPS) is 15.0. The van der Waals surface area contributed by atoms with Gasteiger partial charge in [0.25, 0.3) is 15.9 Å². The van der Waals surface area contributed by atoms with Crippen molar-refractivity contribution in [3.63, 3.8) is 0 Å². The van der Waals surface area contributed by atoms with Gasteiger partial charge in [0.05, 0.1) is 10.6 Å². The van der Waals surface area contributed by atoms with E-state index in [0.717, 1.165) is 31.2 Å². The lowest BCUT2D eigenvalue weighted by atomic mass is 10.2. The molecule has 0 bridgehead atoms. The number of hydrogen-bond acceptors (Lipinski definition) is 3. The molecule has 0 aliphatic heterocycles. The molecule has 2 aromatic rings. The van der Waals surface area contributed by atoms with E-state index in [0.29, 0.717) is 11.3 Å². The maximum atomic E-state index is 13.0. The number of anilines is 1. The summed E-state index contributed by atoms with van der Waals surface area (Å²) in [7, 11) is -2.22. The van der Waals surface area contributed by atoms with Crippen LogP contribution in [-0.2, 0) is 10.0 Å². The van der Waals surface area contributed by atoms with Crippen LogP contribution in [0.5, 0.6) is 0 Å².